The van der Waals surface area contributed by atoms with Gasteiger partial charge < -0.3 is 9.84 Å². The molecular weight excluding hydrogens is 358 g/mol. The van der Waals surface area contributed by atoms with Gasteiger partial charge >= 0.3 is 0 Å². The van der Waals surface area contributed by atoms with Crippen LogP contribution in [0.25, 0.3) is 0 Å². The first kappa shape index (κ1) is 18.4. The van der Waals surface area contributed by atoms with E-state index in [1.54, 1.807) is 6.07 Å². The summed E-state index contributed by atoms with van der Waals surface area (Å²) >= 11 is 3.25. The van der Waals surface area contributed by atoms with E-state index in [1.165, 1.54) is 19.2 Å². The Morgan fingerprint density at radius 1 is 1.38 bits per heavy atom. The summed E-state index contributed by atoms with van der Waals surface area (Å²) in [5.41, 5.74) is -0.0615. The number of rotatable bonds is 6. The Kier molecular flexibility index (Phi) is 6.22. The lowest BCUT2D eigenvalue weighted by atomic mass is 9.89. The highest BCUT2D eigenvalue weighted by molar-refractivity contribution is 9.10. The van der Waals surface area contributed by atoms with Gasteiger partial charge in [-0.2, -0.15) is 0 Å². The first-order chi connectivity index (χ1) is 9.55. The van der Waals surface area contributed by atoms with Gasteiger partial charge in [0.1, 0.15) is 5.75 Å². The molecule has 0 aliphatic carbocycles. The molecule has 0 saturated carbocycles. The zero-order chi connectivity index (χ0) is 16.3. The van der Waals surface area contributed by atoms with Gasteiger partial charge in [-0.3, -0.25) is 0 Å². The minimum Gasteiger partial charge on any atom is -0.496 e. The summed E-state index contributed by atoms with van der Waals surface area (Å²) in [5.74, 6) is 0.557. The van der Waals surface area contributed by atoms with Crippen LogP contribution >= 0.6 is 15.9 Å². The quantitative estimate of drug-likeness (QED) is 0.795. The molecule has 7 heteroatoms. The molecule has 5 nitrogen and oxygen atoms in total. The van der Waals surface area contributed by atoms with Crippen LogP contribution < -0.4 is 9.46 Å². The SMILES string of the molecule is COc1ccc(S(=O)(=O)NCC(O)CC(C)(C)C)cc1Br. The van der Waals surface area contributed by atoms with Gasteiger partial charge in [-0.25, -0.2) is 13.1 Å². The molecule has 0 radical (unpaired) electrons. The molecule has 1 unspecified atom stereocenters. The van der Waals surface area contributed by atoms with Crippen molar-refractivity contribution in [1.29, 1.82) is 0 Å². The van der Waals surface area contributed by atoms with E-state index in [2.05, 4.69) is 20.7 Å². The molecule has 0 bridgehead atoms. The van der Waals surface area contributed by atoms with Gasteiger partial charge in [-0.1, -0.05) is 20.8 Å². The first-order valence-corrected chi connectivity index (χ1v) is 8.84. The molecule has 120 valence electrons. The number of aliphatic hydroxyl groups excluding tert-OH is 1. The van der Waals surface area contributed by atoms with Crippen LogP contribution in [-0.4, -0.2) is 33.3 Å². The highest BCUT2D eigenvalue weighted by Crippen LogP contribution is 2.27. The zero-order valence-corrected chi connectivity index (χ0v) is 15.1. The molecule has 1 aromatic rings. The number of benzene rings is 1. The maximum absolute atomic E-state index is 12.2. The summed E-state index contributed by atoms with van der Waals surface area (Å²) in [7, 11) is -2.14. The van der Waals surface area contributed by atoms with Crippen LogP contribution in [0.2, 0.25) is 0 Å². The van der Waals surface area contributed by atoms with Crippen molar-refractivity contribution in [1.82, 2.24) is 4.72 Å². The third kappa shape index (κ3) is 5.94. The van der Waals surface area contributed by atoms with Crippen LogP contribution in [0.15, 0.2) is 27.6 Å². The molecule has 2 N–H and O–H groups in total. The summed E-state index contributed by atoms with van der Waals surface area (Å²) in [5, 5.41) is 9.88. The second-order valence-corrected chi connectivity index (χ2v) is 8.69. The Morgan fingerprint density at radius 3 is 2.48 bits per heavy atom. The zero-order valence-electron chi connectivity index (χ0n) is 12.7. The van der Waals surface area contributed by atoms with Gasteiger partial charge in [-0.05, 0) is 46.0 Å². The fourth-order valence-corrected chi connectivity index (χ4v) is 3.67. The minimum absolute atomic E-state index is 0.0107. The molecule has 0 aliphatic rings. The molecule has 21 heavy (non-hydrogen) atoms. The Morgan fingerprint density at radius 2 is 2.00 bits per heavy atom. The molecule has 1 rings (SSSR count). The Hall–Kier alpha value is -0.630. The van der Waals surface area contributed by atoms with Gasteiger partial charge in [-0.15, -0.1) is 0 Å². The van der Waals surface area contributed by atoms with E-state index >= 15 is 0 Å². The number of halogens is 1. The smallest absolute Gasteiger partial charge is 0.240 e. The van der Waals surface area contributed by atoms with Crippen molar-refractivity contribution in [2.24, 2.45) is 5.41 Å². The monoisotopic (exact) mass is 379 g/mol. The molecule has 0 heterocycles. The molecule has 0 spiro atoms. The van der Waals surface area contributed by atoms with Gasteiger partial charge in [0.25, 0.3) is 0 Å². The number of nitrogens with one attached hydrogen (secondary N) is 1. The summed E-state index contributed by atoms with van der Waals surface area (Å²) in [6, 6.07) is 4.50. The van der Waals surface area contributed by atoms with E-state index in [1.807, 2.05) is 20.8 Å². The Balaban J connectivity index is 2.76. The predicted molar refractivity (Wildman–Crippen MR) is 86.0 cm³/mol. The average Bonchev–Trinajstić information content (AvgIpc) is 2.34. The predicted octanol–water partition coefficient (Wildman–Crippen LogP) is 2.53. The molecule has 1 aromatic carbocycles. The molecule has 0 fully saturated rings. The van der Waals surface area contributed by atoms with Crippen molar-refractivity contribution >= 4 is 26.0 Å². The summed E-state index contributed by atoms with van der Waals surface area (Å²) < 4.78 is 32.4. The van der Waals surface area contributed by atoms with E-state index in [0.717, 1.165) is 0 Å². The van der Waals surface area contributed by atoms with Crippen LogP contribution in [0.4, 0.5) is 0 Å². The largest absolute Gasteiger partial charge is 0.496 e. The fraction of sp³-hybridized carbons (Fsp3) is 0.571. The van der Waals surface area contributed by atoms with Crippen molar-refractivity contribution in [3.63, 3.8) is 0 Å². The summed E-state index contributed by atoms with van der Waals surface area (Å²) in [4.78, 5) is 0.123. The normalized spacial score (nSPS) is 14.0. The highest BCUT2D eigenvalue weighted by atomic mass is 79.9. The molecule has 1 atom stereocenters. The van der Waals surface area contributed by atoms with E-state index in [9.17, 15) is 13.5 Å². The van der Waals surface area contributed by atoms with Crippen molar-refractivity contribution in [3.8, 4) is 5.75 Å². The number of aliphatic hydroxyl groups is 1. The Bertz CT molecular complexity index is 581. The lowest BCUT2D eigenvalue weighted by Gasteiger charge is -2.22. The third-order valence-corrected chi connectivity index (χ3v) is 4.83. The topological polar surface area (TPSA) is 75.6 Å². The maximum Gasteiger partial charge on any atom is 0.240 e. The van der Waals surface area contributed by atoms with Gasteiger partial charge in [0.2, 0.25) is 10.0 Å². The lowest BCUT2D eigenvalue weighted by molar-refractivity contribution is 0.125. The van der Waals surface area contributed by atoms with Crippen molar-refractivity contribution < 1.29 is 18.3 Å². The molecule has 0 aliphatic heterocycles. The second kappa shape index (κ2) is 7.09. The van der Waals surface area contributed by atoms with Crippen LogP contribution in [0, 0.1) is 5.41 Å². The average molecular weight is 380 g/mol. The van der Waals surface area contributed by atoms with E-state index < -0.39 is 16.1 Å². The van der Waals surface area contributed by atoms with Crippen LogP contribution in [0.5, 0.6) is 5.75 Å². The lowest BCUT2D eigenvalue weighted by Crippen LogP contribution is -2.34. The number of hydrogen-bond donors (Lipinski definition) is 2. The number of methoxy groups -OCH3 is 1. The van der Waals surface area contributed by atoms with Gasteiger partial charge in [0.15, 0.2) is 0 Å². The van der Waals surface area contributed by atoms with E-state index in [4.69, 9.17) is 4.74 Å². The standard InChI is InChI=1S/C14H22BrNO4S/c1-14(2,3)8-10(17)9-16-21(18,19)11-5-6-13(20-4)12(15)7-11/h5-7,10,16-17H,8-9H2,1-4H3. The molecule has 0 aromatic heterocycles. The van der Waals surface area contributed by atoms with E-state index in [-0.39, 0.29) is 16.9 Å². The van der Waals surface area contributed by atoms with Crippen molar-refractivity contribution in [2.45, 2.75) is 38.2 Å². The highest BCUT2D eigenvalue weighted by Gasteiger charge is 2.20. The maximum atomic E-state index is 12.2. The van der Waals surface area contributed by atoms with Crippen molar-refractivity contribution in [3.05, 3.63) is 22.7 Å². The van der Waals surface area contributed by atoms with Gasteiger partial charge in [0.05, 0.1) is 22.6 Å². The molecule has 0 amide bonds. The second-order valence-electron chi connectivity index (χ2n) is 6.07. The fourth-order valence-electron chi connectivity index (χ4n) is 1.88. The minimum atomic E-state index is -3.65. The van der Waals surface area contributed by atoms with Crippen LogP contribution in [-0.2, 0) is 10.0 Å². The number of hydrogen-bond acceptors (Lipinski definition) is 4. The summed E-state index contributed by atoms with van der Waals surface area (Å²) in [6.07, 6.45) is -0.205. The summed E-state index contributed by atoms with van der Waals surface area (Å²) in [6.45, 7) is 5.96. The van der Waals surface area contributed by atoms with Gasteiger partial charge in [0, 0.05) is 6.54 Å². The number of sulfonamides is 1. The molecule has 0 saturated heterocycles. The third-order valence-electron chi connectivity index (χ3n) is 2.79. The first-order valence-electron chi connectivity index (χ1n) is 6.56. The number of ether oxygens (including phenoxy) is 1. The van der Waals surface area contributed by atoms with Crippen molar-refractivity contribution in [2.75, 3.05) is 13.7 Å². The van der Waals surface area contributed by atoms with Crippen LogP contribution in [0.1, 0.15) is 27.2 Å². The Labute approximate surface area is 134 Å². The van der Waals surface area contributed by atoms with E-state index in [0.29, 0.717) is 16.6 Å². The molecular formula is C14H22BrNO4S. The van der Waals surface area contributed by atoms with Crippen LogP contribution in [0.3, 0.4) is 0 Å².